The van der Waals surface area contributed by atoms with E-state index in [9.17, 15) is 23.7 Å². The molecule has 0 atom stereocenters. The maximum Gasteiger partial charge on any atom is 0.416 e. The number of hydrogen-bond donors (Lipinski definition) is 0. The number of hydrogen-bond acceptors (Lipinski definition) is 4. The Kier molecular flexibility index (Phi) is 5.86. The quantitative estimate of drug-likeness (QED) is 0.197. The molecule has 0 aliphatic rings. The highest BCUT2D eigenvalue weighted by molar-refractivity contribution is 6.21. The summed E-state index contributed by atoms with van der Waals surface area (Å²) in [6.45, 7) is 2.04. The Hall–Kier alpha value is -5.79. The Bertz CT molecular complexity index is 2480. The maximum absolute atomic E-state index is 13.4. The summed E-state index contributed by atoms with van der Waals surface area (Å²) in [6.07, 6.45) is -0.606. The van der Waals surface area contributed by atoms with Gasteiger partial charge in [-0.1, -0.05) is 66.2 Å². The average molecular weight is 565 g/mol. The summed E-state index contributed by atoms with van der Waals surface area (Å²) < 4.78 is 40.2. The fourth-order valence-corrected chi connectivity index (χ4v) is 6.08. The predicted octanol–water partition coefficient (Wildman–Crippen LogP) is 8.60. The van der Waals surface area contributed by atoms with Crippen LogP contribution in [0.1, 0.15) is 11.1 Å². The van der Waals surface area contributed by atoms with Crippen LogP contribution in [0.4, 0.5) is 13.2 Å². The first-order chi connectivity index (χ1) is 20.8. The molecule has 0 radical (unpaired) electrons. The molecule has 0 unspecified atom stereocenters. The van der Waals surface area contributed by atoms with Gasteiger partial charge < -0.3 is 0 Å². The SMILES string of the molecule is Cc1cccc(-c2ccc3c(c2)/c(=N\C#N)c2cc4c(cc23)/c(=N/C#N)c2cc(-c3cccc(C(F)(F)F)c3)ccc24)c1. The zero-order valence-corrected chi connectivity index (χ0v) is 22.7. The van der Waals surface area contributed by atoms with E-state index in [4.69, 9.17) is 0 Å². The second-order valence-electron chi connectivity index (χ2n) is 10.5. The summed E-state index contributed by atoms with van der Waals surface area (Å²) >= 11 is 0. The van der Waals surface area contributed by atoms with E-state index in [1.165, 1.54) is 6.07 Å². The molecule has 204 valence electrons. The molecule has 0 bridgehead atoms. The van der Waals surface area contributed by atoms with Crippen LogP contribution in [0.25, 0.3) is 65.3 Å². The molecule has 0 aromatic heterocycles. The number of alkyl halides is 3. The second-order valence-corrected chi connectivity index (χ2v) is 10.5. The van der Waals surface area contributed by atoms with E-state index >= 15 is 0 Å². The zero-order valence-electron chi connectivity index (χ0n) is 22.7. The van der Waals surface area contributed by atoms with Crippen LogP contribution in [0, 0.1) is 29.8 Å². The molecule has 7 rings (SSSR count). The van der Waals surface area contributed by atoms with E-state index in [0.717, 1.165) is 66.5 Å². The molecular formula is C36H19F3N4. The molecule has 0 heterocycles. The van der Waals surface area contributed by atoms with Crippen LogP contribution in [-0.4, -0.2) is 0 Å². The first-order valence-corrected chi connectivity index (χ1v) is 13.4. The summed E-state index contributed by atoms with van der Waals surface area (Å²) in [5.41, 5.74) is 3.47. The summed E-state index contributed by atoms with van der Waals surface area (Å²) in [7, 11) is 0. The molecule has 7 aromatic carbocycles. The number of halogens is 3. The smallest absolute Gasteiger partial charge is 0.172 e. The summed E-state index contributed by atoms with van der Waals surface area (Å²) in [4.78, 5) is 8.38. The van der Waals surface area contributed by atoms with E-state index in [-0.39, 0.29) is 0 Å². The Morgan fingerprint density at radius 1 is 0.512 bits per heavy atom. The molecule has 0 aliphatic heterocycles. The average Bonchev–Trinajstić information content (AvgIpc) is 3.47. The molecule has 0 fully saturated rings. The van der Waals surface area contributed by atoms with Gasteiger partial charge in [0.05, 0.1) is 16.3 Å². The van der Waals surface area contributed by atoms with Crippen molar-refractivity contribution in [2.24, 2.45) is 9.98 Å². The van der Waals surface area contributed by atoms with Crippen molar-refractivity contribution in [3.8, 4) is 34.6 Å². The van der Waals surface area contributed by atoms with Crippen LogP contribution in [0.15, 0.2) is 107 Å². The van der Waals surface area contributed by atoms with Gasteiger partial charge in [-0.15, -0.1) is 0 Å². The normalized spacial score (nSPS) is 12.9. The molecule has 0 saturated carbocycles. The first kappa shape index (κ1) is 26.1. The molecule has 4 nitrogen and oxygen atoms in total. The van der Waals surface area contributed by atoms with E-state index in [1.54, 1.807) is 18.2 Å². The minimum absolute atomic E-state index is 0.411. The standard InChI is InChI=1S/C36H19F3N4/c1-20-4-2-5-21(12-20)23-8-10-26-28-16-33-29(17-32(28)34(42-18-40)30(26)14-23)27-11-9-24(15-31(27)35(33)43-19-41)22-6-3-7-25(13-22)36(37,38)39/h2-17H,1H3/b42-34+,43-35+. The van der Waals surface area contributed by atoms with Crippen LogP contribution in [0.2, 0.25) is 0 Å². The third-order valence-corrected chi connectivity index (χ3v) is 8.00. The van der Waals surface area contributed by atoms with Gasteiger partial charge in [-0.2, -0.15) is 33.7 Å². The molecular weight excluding hydrogens is 545 g/mol. The lowest BCUT2D eigenvalue weighted by Crippen LogP contribution is -2.04. The zero-order chi connectivity index (χ0) is 29.9. The highest BCUT2D eigenvalue weighted by Crippen LogP contribution is 2.36. The number of nitrogens with zero attached hydrogens (tertiary/aromatic N) is 4. The summed E-state index contributed by atoms with van der Waals surface area (Å²) in [5, 5.41) is 26.7. The minimum atomic E-state index is -4.46. The van der Waals surface area contributed by atoms with Gasteiger partial charge in [0.15, 0.2) is 0 Å². The van der Waals surface area contributed by atoms with Crippen molar-refractivity contribution in [3.63, 3.8) is 0 Å². The van der Waals surface area contributed by atoms with Gasteiger partial charge in [-0.05, 0) is 87.1 Å². The number of rotatable bonds is 2. The molecule has 0 N–H and O–H groups in total. The molecule has 0 spiro atoms. The van der Waals surface area contributed by atoms with E-state index < -0.39 is 11.7 Å². The Balaban J connectivity index is 1.51. The van der Waals surface area contributed by atoms with Crippen LogP contribution >= 0.6 is 0 Å². The Morgan fingerprint density at radius 2 is 0.977 bits per heavy atom. The second kappa shape index (κ2) is 9.65. The lowest BCUT2D eigenvalue weighted by molar-refractivity contribution is -0.137. The van der Waals surface area contributed by atoms with Crippen molar-refractivity contribution in [3.05, 3.63) is 119 Å². The van der Waals surface area contributed by atoms with Gasteiger partial charge in [-0.25, -0.2) is 0 Å². The van der Waals surface area contributed by atoms with E-state index in [0.29, 0.717) is 27.2 Å². The van der Waals surface area contributed by atoms with Gasteiger partial charge in [0.1, 0.15) is 0 Å². The number of aryl methyl sites for hydroxylation is 1. The summed E-state index contributed by atoms with van der Waals surface area (Å²) in [5.74, 6) is 0. The Labute approximate surface area is 243 Å². The van der Waals surface area contributed by atoms with Gasteiger partial charge >= 0.3 is 6.18 Å². The highest BCUT2D eigenvalue weighted by atomic mass is 19.4. The topological polar surface area (TPSA) is 72.3 Å². The van der Waals surface area contributed by atoms with Crippen molar-refractivity contribution in [2.45, 2.75) is 13.1 Å². The molecule has 0 amide bonds. The van der Waals surface area contributed by atoms with Crippen LogP contribution in [-0.2, 0) is 6.18 Å². The lowest BCUT2D eigenvalue weighted by Gasteiger charge is -2.09. The van der Waals surface area contributed by atoms with Crippen LogP contribution < -0.4 is 10.7 Å². The molecule has 0 aliphatic carbocycles. The van der Waals surface area contributed by atoms with Crippen molar-refractivity contribution in [1.29, 1.82) is 10.5 Å². The van der Waals surface area contributed by atoms with Gasteiger partial charge in [0.2, 0.25) is 12.4 Å². The van der Waals surface area contributed by atoms with E-state index in [1.807, 2.05) is 73.9 Å². The molecule has 7 aromatic rings. The fraction of sp³-hybridized carbons (Fsp3) is 0.0556. The van der Waals surface area contributed by atoms with E-state index in [2.05, 4.69) is 16.1 Å². The van der Waals surface area contributed by atoms with Crippen LogP contribution in [0.3, 0.4) is 0 Å². The Morgan fingerprint density at radius 3 is 1.47 bits per heavy atom. The molecule has 0 saturated heterocycles. The third kappa shape index (κ3) is 4.22. The largest absolute Gasteiger partial charge is 0.416 e. The van der Waals surface area contributed by atoms with Crippen molar-refractivity contribution in [1.82, 2.24) is 0 Å². The fourth-order valence-electron chi connectivity index (χ4n) is 6.08. The minimum Gasteiger partial charge on any atom is -0.172 e. The lowest BCUT2D eigenvalue weighted by atomic mass is 10.0. The predicted molar refractivity (Wildman–Crippen MR) is 162 cm³/mol. The third-order valence-electron chi connectivity index (χ3n) is 8.00. The summed E-state index contributed by atoms with van der Waals surface area (Å²) in [6, 6.07) is 28.8. The molecule has 43 heavy (non-hydrogen) atoms. The van der Waals surface area contributed by atoms with Gasteiger partial charge in [-0.3, -0.25) is 0 Å². The number of fused-ring (bicyclic) bond motifs is 6. The van der Waals surface area contributed by atoms with Crippen molar-refractivity contribution in [2.75, 3.05) is 0 Å². The van der Waals surface area contributed by atoms with Gasteiger partial charge in [0.25, 0.3) is 0 Å². The monoisotopic (exact) mass is 564 g/mol. The first-order valence-electron chi connectivity index (χ1n) is 13.4. The van der Waals surface area contributed by atoms with Crippen molar-refractivity contribution >= 4 is 43.1 Å². The molecule has 7 heteroatoms. The maximum atomic E-state index is 13.4. The van der Waals surface area contributed by atoms with Crippen LogP contribution in [0.5, 0.6) is 0 Å². The number of nitriles is 2. The number of benzene rings is 5. The van der Waals surface area contributed by atoms with Gasteiger partial charge in [0, 0.05) is 21.5 Å². The highest BCUT2D eigenvalue weighted by Gasteiger charge is 2.30. The van der Waals surface area contributed by atoms with Crippen molar-refractivity contribution < 1.29 is 13.2 Å².